The van der Waals surface area contributed by atoms with E-state index >= 15 is 0 Å². The number of amides is 2. The molecule has 0 spiro atoms. The molecule has 0 aromatic heterocycles. The van der Waals surface area contributed by atoms with Gasteiger partial charge in [0.15, 0.2) is 0 Å². The molecule has 1 rings (SSSR count). The molecule has 3 nitrogen and oxygen atoms in total. The summed E-state index contributed by atoms with van der Waals surface area (Å²) < 4.78 is 0.0167. The normalized spacial score (nSPS) is 18.2. The molecule has 0 bridgehead atoms. The van der Waals surface area contributed by atoms with Crippen molar-refractivity contribution in [3.8, 4) is 0 Å². The van der Waals surface area contributed by atoms with Crippen molar-refractivity contribution in [1.29, 1.82) is 0 Å². The number of nitrogens with one attached hydrogen (secondary N) is 1. The van der Waals surface area contributed by atoms with Gasteiger partial charge in [0.2, 0.25) is 0 Å². The molecule has 0 aliphatic carbocycles. The number of thiol groups is 1. The van der Waals surface area contributed by atoms with Gasteiger partial charge in [-0.1, -0.05) is 13.8 Å². The molecule has 12 heavy (non-hydrogen) atoms. The summed E-state index contributed by atoms with van der Waals surface area (Å²) in [4.78, 5) is 12.9. The van der Waals surface area contributed by atoms with Crippen LogP contribution in [0.3, 0.4) is 0 Å². The Morgan fingerprint density at radius 2 is 2.33 bits per heavy atom. The average molecular weight is 188 g/mol. The van der Waals surface area contributed by atoms with E-state index in [0.29, 0.717) is 0 Å². The summed E-state index contributed by atoms with van der Waals surface area (Å²) in [7, 11) is 0. The van der Waals surface area contributed by atoms with Crippen molar-refractivity contribution in [2.75, 3.05) is 19.6 Å². The largest absolute Gasteiger partial charge is 0.336 e. The highest BCUT2D eigenvalue weighted by molar-refractivity contribution is 7.81. The maximum absolute atomic E-state index is 11.1. The summed E-state index contributed by atoms with van der Waals surface area (Å²) in [6.45, 7) is 6.55. The molecule has 70 valence electrons. The van der Waals surface area contributed by atoms with Crippen LogP contribution in [0.25, 0.3) is 0 Å². The fraction of sp³-hybridized carbons (Fsp3) is 0.875. The highest BCUT2D eigenvalue weighted by atomic mass is 32.1. The van der Waals surface area contributed by atoms with Gasteiger partial charge in [-0.2, -0.15) is 12.6 Å². The molecular formula is C8H16N2OS. The fourth-order valence-electron chi connectivity index (χ4n) is 1.13. The van der Waals surface area contributed by atoms with E-state index in [1.807, 2.05) is 4.90 Å². The molecule has 0 aromatic rings. The van der Waals surface area contributed by atoms with E-state index < -0.39 is 0 Å². The first kappa shape index (κ1) is 9.71. The Balaban J connectivity index is 2.27. The highest BCUT2D eigenvalue weighted by Gasteiger charge is 2.21. The average Bonchev–Trinajstić information content (AvgIpc) is 2.29. The van der Waals surface area contributed by atoms with Crippen LogP contribution < -0.4 is 5.32 Å². The van der Waals surface area contributed by atoms with Gasteiger partial charge in [0.25, 0.3) is 0 Å². The molecule has 1 aliphatic heterocycles. The zero-order valence-corrected chi connectivity index (χ0v) is 8.53. The molecule has 1 heterocycles. The van der Waals surface area contributed by atoms with Gasteiger partial charge in [0, 0.05) is 24.4 Å². The minimum Gasteiger partial charge on any atom is -0.336 e. The molecule has 0 atom stereocenters. The first-order valence-corrected chi connectivity index (χ1v) is 4.69. The maximum Gasteiger partial charge on any atom is 0.317 e. The second kappa shape index (κ2) is 3.56. The van der Waals surface area contributed by atoms with Crippen LogP contribution in [0.5, 0.6) is 0 Å². The van der Waals surface area contributed by atoms with E-state index in [0.717, 1.165) is 26.1 Å². The van der Waals surface area contributed by atoms with Crippen LogP contribution in [-0.4, -0.2) is 35.3 Å². The molecule has 4 heteroatoms. The van der Waals surface area contributed by atoms with E-state index in [1.54, 1.807) is 0 Å². The van der Waals surface area contributed by atoms with Gasteiger partial charge < -0.3 is 10.2 Å². The van der Waals surface area contributed by atoms with Crippen LogP contribution in [0.15, 0.2) is 0 Å². The van der Waals surface area contributed by atoms with Crippen molar-refractivity contribution >= 4 is 18.7 Å². The standard InChI is InChI=1S/C8H16N2OS/c1-8(2,12)3-5-10-6-4-9-7(10)11/h12H,3-6H2,1-2H3,(H,9,11). The highest BCUT2D eigenvalue weighted by Crippen LogP contribution is 2.17. The van der Waals surface area contributed by atoms with Crippen molar-refractivity contribution in [1.82, 2.24) is 10.2 Å². The van der Waals surface area contributed by atoms with Gasteiger partial charge >= 0.3 is 6.03 Å². The molecule has 1 N–H and O–H groups in total. The van der Waals surface area contributed by atoms with Gasteiger partial charge in [-0.25, -0.2) is 4.79 Å². The van der Waals surface area contributed by atoms with Gasteiger partial charge in [-0.05, 0) is 6.42 Å². The predicted octanol–water partition coefficient (Wildman–Crippen LogP) is 1.11. The number of carbonyl (C=O) groups is 1. The Bertz CT molecular complexity index is 176. The van der Waals surface area contributed by atoms with Gasteiger partial charge in [-0.15, -0.1) is 0 Å². The molecular weight excluding hydrogens is 172 g/mol. The Hall–Kier alpha value is -0.380. The monoisotopic (exact) mass is 188 g/mol. The molecule has 0 saturated carbocycles. The lowest BCUT2D eigenvalue weighted by Crippen LogP contribution is -2.31. The number of hydrogen-bond acceptors (Lipinski definition) is 2. The van der Waals surface area contributed by atoms with E-state index in [2.05, 4.69) is 31.8 Å². The Morgan fingerprint density at radius 3 is 2.75 bits per heavy atom. The minimum absolute atomic E-state index is 0.0167. The van der Waals surface area contributed by atoms with Crippen LogP contribution in [0.4, 0.5) is 4.79 Å². The van der Waals surface area contributed by atoms with Gasteiger partial charge in [0.05, 0.1) is 0 Å². The lowest BCUT2D eigenvalue weighted by molar-refractivity contribution is 0.216. The van der Waals surface area contributed by atoms with Crippen LogP contribution in [0.2, 0.25) is 0 Å². The second-order valence-electron chi connectivity index (χ2n) is 3.78. The van der Waals surface area contributed by atoms with Crippen LogP contribution in [0, 0.1) is 0 Å². The topological polar surface area (TPSA) is 32.3 Å². The van der Waals surface area contributed by atoms with Crippen molar-refractivity contribution < 1.29 is 4.79 Å². The summed E-state index contributed by atoms with van der Waals surface area (Å²) in [5.41, 5.74) is 0. The zero-order chi connectivity index (χ0) is 9.19. The maximum atomic E-state index is 11.1. The molecule has 1 aliphatic rings. The summed E-state index contributed by atoms with van der Waals surface area (Å²) >= 11 is 4.40. The predicted molar refractivity (Wildman–Crippen MR) is 52.7 cm³/mol. The molecule has 0 radical (unpaired) electrons. The number of rotatable bonds is 3. The van der Waals surface area contributed by atoms with Crippen LogP contribution in [0.1, 0.15) is 20.3 Å². The van der Waals surface area contributed by atoms with E-state index in [9.17, 15) is 4.79 Å². The number of urea groups is 1. The first-order valence-electron chi connectivity index (χ1n) is 4.24. The van der Waals surface area contributed by atoms with Crippen molar-refractivity contribution in [2.45, 2.75) is 25.0 Å². The fourth-order valence-corrected chi connectivity index (χ4v) is 1.23. The zero-order valence-electron chi connectivity index (χ0n) is 7.63. The smallest absolute Gasteiger partial charge is 0.317 e. The van der Waals surface area contributed by atoms with Crippen LogP contribution >= 0.6 is 12.6 Å². The van der Waals surface area contributed by atoms with Gasteiger partial charge in [-0.3, -0.25) is 0 Å². The van der Waals surface area contributed by atoms with Crippen molar-refractivity contribution in [3.63, 3.8) is 0 Å². The van der Waals surface area contributed by atoms with Gasteiger partial charge in [0.1, 0.15) is 0 Å². The molecule has 0 aromatic carbocycles. The van der Waals surface area contributed by atoms with Crippen LogP contribution in [-0.2, 0) is 0 Å². The van der Waals surface area contributed by atoms with Crippen molar-refractivity contribution in [3.05, 3.63) is 0 Å². The quantitative estimate of drug-likeness (QED) is 0.639. The Kier molecular flexibility index (Phi) is 2.88. The molecule has 1 saturated heterocycles. The number of nitrogens with zero attached hydrogens (tertiary/aromatic N) is 1. The Labute approximate surface area is 78.9 Å². The number of carbonyl (C=O) groups excluding carboxylic acids is 1. The number of hydrogen-bond donors (Lipinski definition) is 2. The summed E-state index contributed by atoms with van der Waals surface area (Å²) in [5.74, 6) is 0. The van der Waals surface area contributed by atoms with E-state index in [1.165, 1.54) is 0 Å². The minimum atomic E-state index is 0.0167. The molecule has 1 fully saturated rings. The Morgan fingerprint density at radius 1 is 1.67 bits per heavy atom. The third kappa shape index (κ3) is 2.93. The van der Waals surface area contributed by atoms with E-state index in [4.69, 9.17) is 0 Å². The lowest BCUT2D eigenvalue weighted by atomic mass is 10.1. The first-order chi connectivity index (χ1) is 5.49. The lowest BCUT2D eigenvalue weighted by Gasteiger charge is -2.21. The summed E-state index contributed by atoms with van der Waals surface area (Å²) in [6.07, 6.45) is 0.934. The SMILES string of the molecule is CC(C)(S)CCN1CCNC1=O. The van der Waals surface area contributed by atoms with Crippen molar-refractivity contribution in [2.24, 2.45) is 0 Å². The molecule has 0 unspecified atom stereocenters. The second-order valence-corrected chi connectivity index (χ2v) is 4.99. The van der Waals surface area contributed by atoms with E-state index in [-0.39, 0.29) is 10.8 Å². The third-order valence-electron chi connectivity index (χ3n) is 1.94. The summed E-state index contributed by atoms with van der Waals surface area (Å²) in [6, 6.07) is 0.0626. The summed E-state index contributed by atoms with van der Waals surface area (Å²) in [5, 5.41) is 2.77. The molecule has 2 amide bonds. The third-order valence-corrected chi connectivity index (χ3v) is 2.16.